The average molecular weight is 245 g/mol. The fourth-order valence-electron chi connectivity index (χ4n) is 1.60. The fourth-order valence-corrected chi connectivity index (χ4v) is 2.28. The summed E-state index contributed by atoms with van der Waals surface area (Å²) in [7, 11) is 0. The number of nitrogens with one attached hydrogen (secondary N) is 1. The molecule has 6 heteroatoms. The van der Waals surface area contributed by atoms with Crippen LogP contribution in [0, 0.1) is 0 Å². The molecule has 0 saturated heterocycles. The van der Waals surface area contributed by atoms with Gasteiger partial charge in [-0.15, -0.1) is 0 Å². The number of H-pyrrole nitrogens is 1. The minimum Gasteiger partial charge on any atom is -0.493 e. The van der Waals surface area contributed by atoms with Gasteiger partial charge >= 0.3 is 4.87 Å². The van der Waals surface area contributed by atoms with Crippen molar-refractivity contribution < 1.29 is 5.11 Å². The number of allylic oxidation sites excluding steroid dienone is 1. The van der Waals surface area contributed by atoms with Gasteiger partial charge in [0.05, 0.1) is 16.3 Å². The number of fused-ring (bicyclic) bond motifs is 1. The van der Waals surface area contributed by atoms with Crippen LogP contribution in [0.1, 0.15) is 10.6 Å². The Hall–Kier alpha value is -2.21. The molecule has 0 amide bonds. The molecule has 3 heterocycles. The lowest BCUT2D eigenvalue weighted by molar-refractivity contribution is 0.455. The molecule has 1 aliphatic rings. The summed E-state index contributed by atoms with van der Waals surface area (Å²) < 4.78 is 0. The van der Waals surface area contributed by atoms with Crippen LogP contribution in [0.15, 0.2) is 28.1 Å². The molecule has 2 aromatic rings. The second-order valence-electron chi connectivity index (χ2n) is 3.46. The lowest BCUT2D eigenvalue weighted by Gasteiger charge is -1.96. The number of aromatic hydroxyl groups is 1. The van der Waals surface area contributed by atoms with E-state index in [0.29, 0.717) is 4.88 Å². The van der Waals surface area contributed by atoms with Crippen molar-refractivity contribution in [1.82, 2.24) is 9.97 Å². The number of rotatable bonds is 1. The molecule has 0 atom stereocenters. The van der Waals surface area contributed by atoms with Gasteiger partial charge in [0.25, 0.3) is 0 Å². The highest BCUT2D eigenvalue weighted by Crippen LogP contribution is 2.31. The minimum atomic E-state index is -0.287. The number of nitrogens with zero attached hydrogens (tertiary/aromatic N) is 2. The van der Waals surface area contributed by atoms with Crippen LogP contribution < -0.4 is 4.87 Å². The molecule has 3 rings (SSSR count). The first-order valence-electron chi connectivity index (χ1n) is 4.87. The summed E-state index contributed by atoms with van der Waals surface area (Å²) in [6.07, 6.45) is 5.04. The van der Waals surface area contributed by atoms with Crippen molar-refractivity contribution in [1.29, 1.82) is 0 Å². The van der Waals surface area contributed by atoms with Gasteiger partial charge in [-0.05, 0) is 18.2 Å². The van der Waals surface area contributed by atoms with Gasteiger partial charge in [0.15, 0.2) is 0 Å². The summed E-state index contributed by atoms with van der Waals surface area (Å²) >= 11 is 0.949. The smallest absolute Gasteiger partial charge is 0.307 e. The third kappa shape index (κ3) is 1.68. The summed E-state index contributed by atoms with van der Waals surface area (Å²) in [5.41, 5.74) is 2.33. The Kier molecular flexibility index (Phi) is 2.15. The lowest BCUT2D eigenvalue weighted by Crippen LogP contribution is -1.89. The van der Waals surface area contributed by atoms with Gasteiger partial charge in [0.1, 0.15) is 0 Å². The first-order valence-corrected chi connectivity index (χ1v) is 5.69. The van der Waals surface area contributed by atoms with E-state index in [4.69, 9.17) is 0 Å². The summed E-state index contributed by atoms with van der Waals surface area (Å²) in [4.78, 5) is 22.0. The van der Waals surface area contributed by atoms with Gasteiger partial charge in [0.2, 0.25) is 5.88 Å². The van der Waals surface area contributed by atoms with Crippen molar-refractivity contribution in [2.24, 2.45) is 4.99 Å². The number of aliphatic imine (C=N–C) groups is 1. The van der Waals surface area contributed by atoms with E-state index < -0.39 is 0 Å². The molecule has 0 saturated carbocycles. The third-order valence-corrected chi connectivity index (χ3v) is 3.16. The van der Waals surface area contributed by atoms with Crippen LogP contribution in [0.2, 0.25) is 0 Å². The molecular formula is C11H7N3O2S. The van der Waals surface area contributed by atoms with Crippen molar-refractivity contribution in [3.05, 3.63) is 38.6 Å². The predicted octanol–water partition coefficient (Wildman–Crippen LogP) is 1.79. The molecule has 2 N–H and O–H groups in total. The Bertz CT molecular complexity index is 697. The number of hydrogen-bond donors (Lipinski definition) is 2. The van der Waals surface area contributed by atoms with Crippen LogP contribution in [0.25, 0.3) is 11.6 Å². The van der Waals surface area contributed by atoms with Crippen LogP contribution in [0.5, 0.6) is 5.88 Å². The molecule has 0 aromatic carbocycles. The summed E-state index contributed by atoms with van der Waals surface area (Å²) in [5.74, 6) is -0.120. The number of hydrogen-bond acceptors (Lipinski definition) is 5. The van der Waals surface area contributed by atoms with Gasteiger partial charge in [-0.3, -0.25) is 19.8 Å². The Labute approximate surface area is 99.8 Å². The molecule has 0 radical (unpaired) electrons. The highest BCUT2D eigenvalue weighted by atomic mass is 32.1. The van der Waals surface area contributed by atoms with E-state index >= 15 is 0 Å². The Morgan fingerprint density at radius 1 is 1.47 bits per heavy atom. The molecule has 0 spiro atoms. The molecule has 2 aromatic heterocycles. The predicted molar refractivity (Wildman–Crippen MR) is 66.9 cm³/mol. The zero-order chi connectivity index (χ0) is 11.8. The first-order chi connectivity index (χ1) is 8.24. The van der Waals surface area contributed by atoms with Crippen molar-refractivity contribution in [3.8, 4) is 5.88 Å². The topological polar surface area (TPSA) is 78.3 Å². The van der Waals surface area contributed by atoms with Crippen LogP contribution in [0.4, 0.5) is 5.69 Å². The van der Waals surface area contributed by atoms with Gasteiger partial charge < -0.3 is 5.11 Å². The van der Waals surface area contributed by atoms with E-state index in [2.05, 4.69) is 15.0 Å². The standard InChI is InChI=1S/C11H7N3O2S/c15-10-8(17-11(16)14-10)4-6-5-13-7-2-1-3-12-9(6)7/h1-5,15H,(H,14,16)/b6-4+. The van der Waals surface area contributed by atoms with Crippen LogP contribution >= 0.6 is 11.3 Å². The molecule has 0 bridgehead atoms. The SMILES string of the molecule is O=c1[nH]c(O)c(/C=C2\C=Nc3cccnc32)s1. The summed E-state index contributed by atoms with van der Waals surface area (Å²) in [6, 6.07) is 3.67. The Morgan fingerprint density at radius 3 is 3.12 bits per heavy atom. The average Bonchev–Trinajstić information content (AvgIpc) is 2.85. The van der Waals surface area contributed by atoms with E-state index in [1.807, 2.05) is 12.1 Å². The van der Waals surface area contributed by atoms with Crippen molar-refractivity contribution in [2.75, 3.05) is 0 Å². The molecule has 1 aliphatic heterocycles. The number of aromatic nitrogens is 2. The van der Waals surface area contributed by atoms with Crippen molar-refractivity contribution in [3.63, 3.8) is 0 Å². The largest absolute Gasteiger partial charge is 0.493 e. The zero-order valence-corrected chi connectivity index (χ0v) is 9.36. The summed E-state index contributed by atoms with van der Waals surface area (Å²) in [5, 5.41) is 9.49. The lowest BCUT2D eigenvalue weighted by atomic mass is 10.2. The van der Waals surface area contributed by atoms with Crippen molar-refractivity contribution >= 4 is 34.9 Å². The molecule has 0 aliphatic carbocycles. The van der Waals surface area contributed by atoms with E-state index in [0.717, 1.165) is 28.3 Å². The molecule has 17 heavy (non-hydrogen) atoms. The second kappa shape index (κ2) is 3.67. The third-order valence-electron chi connectivity index (χ3n) is 2.35. The number of aromatic amines is 1. The summed E-state index contributed by atoms with van der Waals surface area (Å²) in [6.45, 7) is 0. The quantitative estimate of drug-likeness (QED) is 0.804. The molecule has 0 unspecified atom stereocenters. The first kappa shape index (κ1) is 9.98. The van der Waals surface area contributed by atoms with Crippen LogP contribution in [-0.4, -0.2) is 21.3 Å². The highest BCUT2D eigenvalue weighted by Gasteiger charge is 2.14. The maximum atomic E-state index is 11.1. The number of pyridine rings is 1. The Balaban J connectivity index is 2.11. The van der Waals surface area contributed by atoms with Gasteiger partial charge in [-0.1, -0.05) is 11.3 Å². The Morgan fingerprint density at radius 2 is 2.35 bits per heavy atom. The van der Waals surface area contributed by atoms with Crippen molar-refractivity contribution in [2.45, 2.75) is 0 Å². The van der Waals surface area contributed by atoms with Crippen LogP contribution in [-0.2, 0) is 0 Å². The van der Waals surface area contributed by atoms with E-state index in [9.17, 15) is 9.90 Å². The molecule has 84 valence electrons. The normalized spacial score (nSPS) is 15.4. The number of thiazole rings is 1. The molecule has 5 nitrogen and oxygen atoms in total. The molecular weight excluding hydrogens is 238 g/mol. The second-order valence-corrected chi connectivity index (χ2v) is 4.47. The highest BCUT2D eigenvalue weighted by molar-refractivity contribution is 7.10. The van der Waals surface area contributed by atoms with Crippen LogP contribution in [0.3, 0.4) is 0 Å². The van der Waals surface area contributed by atoms with E-state index in [-0.39, 0.29) is 10.8 Å². The van der Waals surface area contributed by atoms with E-state index in [1.165, 1.54) is 0 Å². The van der Waals surface area contributed by atoms with Gasteiger partial charge in [-0.2, -0.15) is 0 Å². The van der Waals surface area contributed by atoms with Gasteiger partial charge in [-0.25, -0.2) is 0 Å². The zero-order valence-electron chi connectivity index (χ0n) is 8.54. The monoisotopic (exact) mass is 245 g/mol. The maximum absolute atomic E-state index is 11.1. The van der Waals surface area contributed by atoms with Gasteiger partial charge in [0, 0.05) is 18.0 Å². The maximum Gasteiger partial charge on any atom is 0.307 e. The van der Waals surface area contributed by atoms with E-state index in [1.54, 1.807) is 18.5 Å². The minimum absolute atomic E-state index is 0.120. The molecule has 0 fully saturated rings. The fraction of sp³-hybridized carbons (Fsp3) is 0.